The Morgan fingerprint density at radius 2 is 1.64 bits per heavy atom. The molecule has 3 atom stereocenters. The van der Waals surface area contributed by atoms with E-state index in [0.717, 1.165) is 0 Å². The Labute approximate surface area is 252 Å². The number of nitrogens with zero attached hydrogens (tertiary/aromatic N) is 3. The summed E-state index contributed by atoms with van der Waals surface area (Å²) in [4.78, 5) is 56.9. The number of halogens is 2. The zero-order valence-corrected chi connectivity index (χ0v) is 25.0. The molecular formula is C31H34F2N4O7. The maximum Gasteiger partial charge on any atom is 0.387 e. The Morgan fingerprint density at radius 3 is 2.20 bits per heavy atom. The van der Waals surface area contributed by atoms with Gasteiger partial charge in [0.2, 0.25) is 11.8 Å². The van der Waals surface area contributed by atoms with Crippen molar-refractivity contribution in [3.63, 3.8) is 0 Å². The van der Waals surface area contributed by atoms with Crippen molar-refractivity contribution < 1.29 is 37.4 Å². The van der Waals surface area contributed by atoms with E-state index in [1.54, 1.807) is 51.4 Å². The van der Waals surface area contributed by atoms with Crippen LogP contribution >= 0.6 is 0 Å². The molecule has 0 bridgehead atoms. The predicted octanol–water partition coefficient (Wildman–Crippen LogP) is 2.97. The maximum atomic E-state index is 14.0. The van der Waals surface area contributed by atoms with E-state index in [1.807, 2.05) is 0 Å². The third-order valence-corrected chi connectivity index (χ3v) is 7.44. The molecule has 234 valence electrons. The Balaban J connectivity index is 1.73. The summed E-state index contributed by atoms with van der Waals surface area (Å²) in [6.45, 7) is -1.35. The number of likely N-dealkylation sites (N-methyl/N-ethyl adjacent to an activating group) is 1. The first kappa shape index (κ1) is 32.1. The van der Waals surface area contributed by atoms with Gasteiger partial charge in [-0.25, -0.2) is 0 Å². The van der Waals surface area contributed by atoms with E-state index >= 15 is 0 Å². The van der Waals surface area contributed by atoms with Crippen molar-refractivity contribution in [2.24, 2.45) is 0 Å². The highest BCUT2D eigenvalue weighted by Gasteiger charge is 2.44. The molecule has 1 aliphatic heterocycles. The van der Waals surface area contributed by atoms with Crippen molar-refractivity contribution in [1.82, 2.24) is 14.8 Å². The lowest BCUT2D eigenvalue weighted by atomic mass is 9.93. The second kappa shape index (κ2) is 13.7. The van der Waals surface area contributed by atoms with E-state index in [0.29, 0.717) is 16.9 Å². The number of carbonyl (C=O) groups is 3. The second-order valence-corrected chi connectivity index (χ2v) is 10.4. The topological polar surface area (TPSA) is 119 Å². The lowest BCUT2D eigenvalue weighted by Crippen LogP contribution is -2.45. The number of benzene rings is 2. The van der Waals surface area contributed by atoms with Crippen LogP contribution in [-0.2, 0) is 14.3 Å². The van der Waals surface area contributed by atoms with E-state index in [9.17, 15) is 28.0 Å². The molecule has 3 aromatic rings. The highest BCUT2D eigenvalue weighted by molar-refractivity contribution is 6.05. The molecule has 2 heterocycles. The smallest absolute Gasteiger partial charge is 0.387 e. The molecule has 1 aliphatic rings. The van der Waals surface area contributed by atoms with E-state index < -0.39 is 42.0 Å². The first-order valence-corrected chi connectivity index (χ1v) is 13.7. The highest BCUT2D eigenvalue weighted by Crippen LogP contribution is 2.34. The number of hydrogen-bond acceptors (Lipinski definition) is 7. The molecule has 4 rings (SSSR count). The van der Waals surface area contributed by atoms with Gasteiger partial charge in [-0.1, -0.05) is 12.1 Å². The summed E-state index contributed by atoms with van der Waals surface area (Å²) in [7, 11) is 6.09. The standard InChI is InChI=1S/C31H34F2N4O7/c1-18-14-15-36(24(17-42-4)28(39)35(2)3)30(41)26(18)37-16-23(19-6-10-21(43-5)11-7-19)25(29(37)40)34-27(38)20-8-12-22(13-9-20)44-31(32)33/h6-15,23-25,31H,16-17H2,1-5H3,(H,34,38)/t23-,24?,25?/m0/s1. The molecule has 1 aromatic heterocycles. The van der Waals surface area contributed by atoms with Crippen molar-refractivity contribution in [3.05, 3.63) is 87.8 Å². The van der Waals surface area contributed by atoms with Crippen LogP contribution in [0.2, 0.25) is 0 Å². The lowest BCUT2D eigenvalue weighted by molar-refractivity contribution is -0.133. The Hall–Kier alpha value is -4.78. The van der Waals surface area contributed by atoms with Gasteiger partial charge in [-0.2, -0.15) is 8.78 Å². The number of nitrogens with one attached hydrogen (secondary N) is 1. The van der Waals surface area contributed by atoms with Gasteiger partial charge in [0.05, 0.1) is 13.7 Å². The number of rotatable bonds is 11. The molecule has 11 nitrogen and oxygen atoms in total. The summed E-state index contributed by atoms with van der Waals surface area (Å²) >= 11 is 0. The molecule has 13 heteroatoms. The molecule has 0 radical (unpaired) electrons. The van der Waals surface area contributed by atoms with Gasteiger partial charge in [0, 0.05) is 45.4 Å². The van der Waals surface area contributed by atoms with Crippen LogP contribution in [0.5, 0.6) is 11.5 Å². The number of carbonyl (C=O) groups excluding carboxylic acids is 3. The van der Waals surface area contributed by atoms with Gasteiger partial charge in [-0.05, 0) is 60.5 Å². The van der Waals surface area contributed by atoms with Gasteiger partial charge in [0.1, 0.15) is 29.3 Å². The van der Waals surface area contributed by atoms with Crippen molar-refractivity contribution in [2.75, 3.05) is 46.4 Å². The molecule has 44 heavy (non-hydrogen) atoms. The number of amides is 3. The molecule has 0 aliphatic carbocycles. The van der Waals surface area contributed by atoms with E-state index in [4.69, 9.17) is 9.47 Å². The summed E-state index contributed by atoms with van der Waals surface area (Å²) < 4.78 is 41.2. The minimum atomic E-state index is -3.01. The SMILES string of the molecule is COCC(C(=O)N(C)C)n1ccc(C)c(N2C[C@@H](c3ccc(OC)cc3)C(NC(=O)c3ccc(OC(F)F)cc3)C2=O)c1=O. The Bertz CT molecular complexity index is 1560. The largest absolute Gasteiger partial charge is 0.497 e. The summed E-state index contributed by atoms with van der Waals surface area (Å²) in [5.41, 5.74) is 0.846. The molecule has 2 unspecified atom stereocenters. The van der Waals surface area contributed by atoms with E-state index in [2.05, 4.69) is 10.1 Å². The highest BCUT2D eigenvalue weighted by atomic mass is 19.3. The van der Waals surface area contributed by atoms with Crippen LogP contribution in [0.1, 0.15) is 33.4 Å². The average molecular weight is 613 g/mol. The summed E-state index contributed by atoms with van der Waals surface area (Å²) in [5, 5.41) is 2.77. The van der Waals surface area contributed by atoms with E-state index in [-0.39, 0.29) is 36.1 Å². The van der Waals surface area contributed by atoms with Gasteiger partial charge >= 0.3 is 6.61 Å². The predicted molar refractivity (Wildman–Crippen MR) is 157 cm³/mol. The van der Waals surface area contributed by atoms with E-state index in [1.165, 1.54) is 59.0 Å². The van der Waals surface area contributed by atoms with Crippen molar-refractivity contribution in [2.45, 2.75) is 31.5 Å². The van der Waals surface area contributed by atoms with Crippen molar-refractivity contribution in [1.29, 1.82) is 0 Å². The number of aryl methyl sites for hydroxylation is 1. The number of alkyl halides is 2. The maximum absolute atomic E-state index is 14.0. The molecule has 3 amide bonds. The van der Waals surface area contributed by atoms with Gasteiger partial charge in [-0.15, -0.1) is 0 Å². The van der Waals surface area contributed by atoms with Gasteiger partial charge < -0.3 is 29.3 Å². The molecule has 1 N–H and O–H groups in total. The zero-order valence-electron chi connectivity index (χ0n) is 25.0. The van der Waals surface area contributed by atoms with Crippen LogP contribution in [0.25, 0.3) is 0 Å². The fraction of sp³-hybridized carbons (Fsp3) is 0.355. The van der Waals surface area contributed by atoms with Crippen LogP contribution in [0, 0.1) is 6.92 Å². The summed E-state index contributed by atoms with van der Waals surface area (Å²) in [6.07, 6.45) is 1.49. The fourth-order valence-electron chi connectivity index (χ4n) is 5.19. The van der Waals surface area contributed by atoms with Crippen molar-refractivity contribution >= 4 is 23.4 Å². The Kier molecular flexibility index (Phi) is 9.99. The fourth-order valence-corrected chi connectivity index (χ4v) is 5.19. The number of ether oxygens (including phenoxy) is 3. The summed E-state index contributed by atoms with van der Waals surface area (Å²) in [6, 6.07) is 11.7. The average Bonchev–Trinajstić information content (AvgIpc) is 3.31. The molecule has 1 saturated heterocycles. The first-order chi connectivity index (χ1) is 21.0. The second-order valence-electron chi connectivity index (χ2n) is 10.4. The van der Waals surface area contributed by atoms with Gasteiger partial charge in [0.15, 0.2) is 0 Å². The quantitative estimate of drug-likeness (QED) is 0.354. The molecule has 0 saturated carbocycles. The number of methoxy groups -OCH3 is 2. The first-order valence-electron chi connectivity index (χ1n) is 13.7. The van der Waals surface area contributed by atoms with Crippen LogP contribution in [0.4, 0.5) is 14.5 Å². The van der Waals surface area contributed by atoms with Crippen LogP contribution in [0.15, 0.2) is 65.6 Å². The lowest BCUT2D eigenvalue weighted by Gasteiger charge is -2.25. The number of hydrogen-bond donors (Lipinski definition) is 1. The Morgan fingerprint density at radius 1 is 1.00 bits per heavy atom. The molecule has 0 spiro atoms. The zero-order chi connectivity index (χ0) is 32.1. The normalized spacial score (nSPS) is 17.0. The minimum absolute atomic E-state index is 0.0495. The van der Waals surface area contributed by atoms with Gasteiger partial charge in [0.25, 0.3) is 11.5 Å². The minimum Gasteiger partial charge on any atom is -0.497 e. The number of aromatic nitrogens is 1. The number of anilines is 1. The molecule has 1 fully saturated rings. The van der Waals surface area contributed by atoms with Gasteiger partial charge in [-0.3, -0.25) is 23.7 Å². The van der Waals surface area contributed by atoms with Crippen molar-refractivity contribution in [3.8, 4) is 11.5 Å². The van der Waals surface area contributed by atoms with Crippen LogP contribution < -0.4 is 25.2 Å². The van der Waals surface area contributed by atoms with Crippen LogP contribution in [0.3, 0.4) is 0 Å². The molecule has 2 aromatic carbocycles. The third-order valence-electron chi connectivity index (χ3n) is 7.44. The monoisotopic (exact) mass is 612 g/mol. The summed E-state index contributed by atoms with van der Waals surface area (Å²) in [5.74, 6) is -1.61. The van der Waals surface area contributed by atoms with Crippen LogP contribution in [-0.4, -0.2) is 81.3 Å². The number of pyridine rings is 1. The molecular weight excluding hydrogens is 578 g/mol. The third kappa shape index (κ3) is 6.72.